The van der Waals surface area contributed by atoms with E-state index in [1.807, 2.05) is 12.1 Å². The van der Waals surface area contributed by atoms with Crippen molar-refractivity contribution >= 4 is 26.8 Å². The SMILES string of the molecule is COc1ccc(C2=C(c3ccc(S(C)(=O)=O)c(C)c3)COCC2=O)cc1. The summed E-state index contributed by atoms with van der Waals surface area (Å²) in [7, 11) is -1.70. The molecule has 2 aromatic carbocycles. The Morgan fingerprint density at radius 1 is 1.00 bits per heavy atom. The Hall–Kier alpha value is -2.44. The molecule has 3 rings (SSSR count). The van der Waals surface area contributed by atoms with Crippen LogP contribution >= 0.6 is 0 Å². The van der Waals surface area contributed by atoms with E-state index in [0.717, 1.165) is 16.7 Å². The van der Waals surface area contributed by atoms with Gasteiger partial charge in [0.05, 0.1) is 18.6 Å². The van der Waals surface area contributed by atoms with Gasteiger partial charge in [0.2, 0.25) is 0 Å². The van der Waals surface area contributed by atoms with E-state index in [4.69, 9.17) is 9.47 Å². The standard InChI is InChI=1S/C20H20O5S/c1-13-10-15(6-9-19(13)26(3,22)23)17-11-25-12-18(21)20(17)14-4-7-16(24-2)8-5-14/h4-10H,11-12H2,1-3H3. The molecule has 0 spiro atoms. The van der Waals surface area contributed by atoms with Gasteiger partial charge in [-0.15, -0.1) is 0 Å². The third-order valence-corrected chi connectivity index (χ3v) is 5.62. The second-order valence-electron chi connectivity index (χ2n) is 6.25. The molecule has 0 atom stereocenters. The van der Waals surface area contributed by atoms with Crippen molar-refractivity contribution in [3.8, 4) is 5.75 Å². The van der Waals surface area contributed by atoms with E-state index < -0.39 is 9.84 Å². The molecule has 2 aromatic rings. The molecule has 5 nitrogen and oxygen atoms in total. The quantitative estimate of drug-likeness (QED) is 0.825. The molecule has 0 N–H and O–H groups in total. The first-order chi connectivity index (χ1) is 12.3. The molecule has 0 aromatic heterocycles. The number of hydrogen-bond acceptors (Lipinski definition) is 5. The van der Waals surface area contributed by atoms with Crippen LogP contribution in [-0.2, 0) is 19.4 Å². The van der Waals surface area contributed by atoms with E-state index in [0.29, 0.717) is 23.5 Å². The lowest BCUT2D eigenvalue weighted by Gasteiger charge is -2.21. The number of Topliss-reactive ketones (excluding diaryl/α,β-unsaturated/α-hetero) is 1. The highest BCUT2D eigenvalue weighted by atomic mass is 32.2. The van der Waals surface area contributed by atoms with Gasteiger partial charge in [-0.05, 0) is 47.4 Å². The lowest BCUT2D eigenvalue weighted by atomic mass is 9.90. The summed E-state index contributed by atoms with van der Waals surface area (Å²) in [6.45, 7) is 2.08. The van der Waals surface area contributed by atoms with Crippen LogP contribution in [-0.4, -0.2) is 40.8 Å². The molecule has 0 aliphatic carbocycles. The average Bonchev–Trinajstić information content (AvgIpc) is 2.60. The highest BCUT2D eigenvalue weighted by molar-refractivity contribution is 7.90. The third-order valence-electron chi connectivity index (χ3n) is 4.36. The van der Waals surface area contributed by atoms with E-state index >= 15 is 0 Å². The van der Waals surface area contributed by atoms with Crippen molar-refractivity contribution in [3.05, 3.63) is 59.2 Å². The predicted molar refractivity (Wildman–Crippen MR) is 99.9 cm³/mol. The van der Waals surface area contributed by atoms with Crippen molar-refractivity contribution in [1.29, 1.82) is 0 Å². The van der Waals surface area contributed by atoms with Crippen molar-refractivity contribution in [2.45, 2.75) is 11.8 Å². The zero-order valence-electron chi connectivity index (χ0n) is 14.9. The number of carbonyl (C=O) groups excluding carboxylic acids is 1. The fourth-order valence-corrected chi connectivity index (χ4v) is 4.09. The number of hydrogen-bond donors (Lipinski definition) is 0. The van der Waals surface area contributed by atoms with Gasteiger partial charge in [0.1, 0.15) is 12.4 Å². The van der Waals surface area contributed by atoms with E-state index in [1.54, 1.807) is 44.4 Å². The maximum absolute atomic E-state index is 12.5. The molecule has 0 unspecified atom stereocenters. The van der Waals surface area contributed by atoms with Crippen LogP contribution in [0.2, 0.25) is 0 Å². The summed E-state index contributed by atoms with van der Waals surface area (Å²) in [6, 6.07) is 12.4. The zero-order valence-corrected chi connectivity index (χ0v) is 15.7. The number of benzene rings is 2. The fraction of sp³-hybridized carbons (Fsp3) is 0.250. The molecule has 0 saturated heterocycles. The number of carbonyl (C=O) groups is 1. The Kier molecular flexibility index (Phi) is 4.98. The smallest absolute Gasteiger partial charge is 0.189 e. The molecule has 0 saturated carbocycles. The van der Waals surface area contributed by atoms with Gasteiger partial charge < -0.3 is 9.47 Å². The van der Waals surface area contributed by atoms with Gasteiger partial charge in [-0.2, -0.15) is 0 Å². The summed E-state index contributed by atoms with van der Waals surface area (Å²) >= 11 is 0. The number of sulfone groups is 1. The van der Waals surface area contributed by atoms with Crippen LogP contribution in [0.4, 0.5) is 0 Å². The topological polar surface area (TPSA) is 69.7 Å². The van der Waals surface area contributed by atoms with Crippen LogP contribution in [0.5, 0.6) is 5.75 Å². The lowest BCUT2D eigenvalue weighted by Crippen LogP contribution is -2.20. The van der Waals surface area contributed by atoms with E-state index in [1.165, 1.54) is 6.26 Å². The minimum Gasteiger partial charge on any atom is -0.497 e. The molecule has 1 heterocycles. The van der Waals surface area contributed by atoms with Crippen molar-refractivity contribution in [1.82, 2.24) is 0 Å². The Labute approximate surface area is 153 Å². The van der Waals surface area contributed by atoms with Crippen molar-refractivity contribution < 1.29 is 22.7 Å². The van der Waals surface area contributed by atoms with Crippen LogP contribution in [0.25, 0.3) is 11.1 Å². The van der Waals surface area contributed by atoms with Crippen LogP contribution in [0.3, 0.4) is 0 Å². The molecular weight excluding hydrogens is 352 g/mol. The molecule has 26 heavy (non-hydrogen) atoms. The van der Waals surface area contributed by atoms with Gasteiger partial charge in [-0.3, -0.25) is 4.79 Å². The lowest BCUT2D eigenvalue weighted by molar-refractivity contribution is -0.118. The summed E-state index contributed by atoms with van der Waals surface area (Å²) in [5, 5.41) is 0. The van der Waals surface area contributed by atoms with Gasteiger partial charge in [0.25, 0.3) is 0 Å². The van der Waals surface area contributed by atoms with Gasteiger partial charge in [-0.25, -0.2) is 8.42 Å². The number of aryl methyl sites for hydroxylation is 1. The van der Waals surface area contributed by atoms with Gasteiger partial charge in [0.15, 0.2) is 15.6 Å². The molecule has 0 fully saturated rings. The molecule has 136 valence electrons. The Balaban J connectivity index is 2.15. The minimum absolute atomic E-state index is 0.0330. The largest absolute Gasteiger partial charge is 0.497 e. The minimum atomic E-state index is -3.29. The fourth-order valence-electron chi connectivity index (χ4n) is 3.13. The molecule has 0 radical (unpaired) electrons. The van der Waals surface area contributed by atoms with E-state index in [2.05, 4.69) is 0 Å². The Morgan fingerprint density at radius 3 is 2.23 bits per heavy atom. The number of methoxy groups -OCH3 is 1. The van der Waals surface area contributed by atoms with Crippen LogP contribution in [0, 0.1) is 6.92 Å². The second kappa shape index (κ2) is 7.05. The monoisotopic (exact) mass is 372 g/mol. The van der Waals surface area contributed by atoms with Crippen LogP contribution in [0.1, 0.15) is 16.7 Å². The third kappa shape index (κ3) is 3.57. The highest BCUT2D eigenvalue weighted by Crippen LogP contribution is 2.32. The number of ketones is 1. The summed E-state index contributed by atoms with van der Waals surface area (Å²) in [6.07, 6.45) is 1.18. The van der Waals surface area contributed by atoms with Gasteiger partial charge >= 0.3 is 0 Å². The summed E-state index contributed by atoms with van der Waals surface area (Å²) in [4.78, 5) is 12.8. The van der Waals surface area contributed by atoms with Crippen molar-refractivity contribution in [2.75, 3.05) is 26.6 Å². The predicted octanol–water partition coefficient (Wildman–Crippen LogP) is 2.92. The number of ether oxygens (including phenoxy) is 2. The summed E-state index contributed by atoms with van der Waals surface area (Å²) in [5.41, 5.74) is 3.58. The first kappa shape index (κ1) is 18.4. The first-order valence-electron chi connectivity index (χ1n) is 8.11. The van der Waals surface area contributed by atoms with Gasteiger partial charge in [0, 0.05) is 11.8 Å². The zero-order chi connectivity index (χ0) is 18.9. The van der Waals surface area contributed by atoms with E-state index in [-0.39, 0.29) is 17.3 Å². The second-order valence-corrected chi connectivity index (χ2v) is 8.23. The van der Waals surface area contributed by atoms with Gasteiger partial charge in [-0.1, -0.05) is 24.3 Å². The first-order valence-corrected chi connectivity index (χ1v) is 10.00. The van der Waals surface area contributed by atoms with E-state index in [9.17, 15) is 13.2 Å². The Morgan fingerprint density at radius 2 is 1.65 bits per heavy atom. The Bertz CT molecular complexity index is 985. The molecule has 1 aliphatic rings. The maximum Gasteiger partial charge on any atom is 0.189 e. The average molecular weight is 372 g/mol. The molecule has 6 heteroatoms. The van der Waals surface area contributed by atoms with Crippen LogP contribution in [0.15, 0.2) is 47.4 Å². The highest BCUT2D eigenvalue weighted by Gasteiger charge is 2.24. The normalized spacial score (nSPS) is 15.3. The summed E-state index contributed by atoms with van der Waals surface area (Å²) in [5.74, 6) is 0.616. The number of rotatable bonds is 4. The molecule has 0 bridgehead atoms. The molecule has 1 aliphatic heterocycles. The van der Waals surface area contributed by atoms with Crippen molar-refractivity contribution in [2.24, 2.45) is 0 Å². The van der Waals surface area contributed by atoms with Crippen LogP contribution < -0.4 is 4.74 Å². The summed E-state index contributed by atoms with van der Waals surface area (Å²) < 4.78 is 34.3. The molecule has 0 amide bonds. The molecular formula is C20H20O5S. The maximum atomic E-state index is 12.5. The van der Waals surface area contributed by atoms with Crippen molar-refractivity contribution in [3.63, 3.8) is 0 Å².